The summed E-state index contributed by atoms with van der Waals surface area (Å²) in [5.74, 6) is -3.52. The summed E-state index contributed by atoms with van der Waals surface area (Å²) in [7, 11) is 0. The van der Waals surface area contributed by atoms with E-state index < -0.39 is 28.9 Å². The van der Waals surface area contributed by atoms with Crippen molar-refractivity contribution in [3.8, 4) is 0 Å². The monoisotopic (exact) mass is 343 g/mol. The lowest BCUT2D eigenvalue weighted by Gasteiger charge is -2.01. The van der Waals surface area contributed by atoms with Crippen LogP contribution >= 0.6 is 0 Å². The van der Waals surface area contributed by atoms with E-state index in [2.05, 4.69) is 9.98 Å². The van der Waals surface area contributed by atoms with Crippen LogP contribution in [0.3, 0.4) is 0 Å². The number of ketones is 1. The molecule has 0 radical (unpaired) electrons. The summed E-state index contributed by atoms with van der Waals surface area (Å²) in [5.41, 5.74) is -0.766. The van der Waals surface area contributed by atoms with Crippen LogP contribution in [-0.4, -0.2) is 26.6 Å². The second-order valence-corrected chi connectivity index (χ2v) is 5.08. The number of hydrogen-bond acceptors (Lipinski definition) is 3. The van der Waals surface area contributed by atoms with Gasteiger partial charge < -0.3 is 10.2 Å². The van der Waals surface area contributed by atoms with Gasteiger partial charge in [-0.05, 0) is 30.3 Å². The fourth-order valence-corrected chi connectivity index (χ4v) is 2.17. The van der Waals surface area contributed by atoms with Crippen LogP contribution in [0.15, 0.2) is 60.0 Å². The normalized spacial score (nSPS) is 10.5. The fraction of sp³-hybridized carbons (Fsp3) is 0. The molecule has 0 aliphatic rings. The van der Waals surface area contributed by atoms with Gasteiger partial charge in [-0.25, -0.2) is 18.5 Å². The van der Waals surface area contributed by atoms with E-state index in [4.69, 9.17) is 5.21 Å². The smallest absolute Gasteiger partial charge is 0.293 e. The van der Waals surface area contributed by atoms with Crippen molar-refractivity contribution >= 4 is 11.7 Å². The Bertz CT molecular complexity index is 997. The number of benzene rings is 1. The molecule has 2 aromatic heterocycles. The molecular formula is C17H11F2N3O3. The van der Waals surface area contributed by atoms with Gasteiger partial charge in [-0.15, -0.1) is 0 Å². The molecule has 8 heteroatoms. The number of nitrogens with zero attached hydrogens (tertiary/aromatic N) is 2. The van der Waals surface area contributed by atoms with Gasteiger partial charge in [0.15, 0.2) is 5.78 Å². The van der Waals surface area contributed by atoms with Crippen molar-refractivity contribution in [3.63, 3.8) is 0 Å². The lowest BCUT2D eigenvalue weighted by Crippen LogP contribution is -2.08. The fourth-order valence-electron chi connectivity index (χ4n) is 2.17. The summed E-state index contributed by atoms with van der Waals surface area (Å²) in [6.45, 7) is 0. The topological polar surface area (TPSA) is 87.4 Å². The maximum atomic E-state index is 13.7. The first-order chi connectivity index (χ1) is 12.0. The minimum Gasteiger partial charge on any atom is -0.429 e. The molecule has 2 N–H and O–H groups in total. The summed E-state index contributed by atoms with van der Waals surface area (Å²) in [4.78, 5) is 30.7. The van der Waals surface area contributed by atoms with Gasteiger partial charge in [0.1, 0.15) is 17.3 Å². The van der Waals surface area contributed by atoms with Crippen molar-refractivity contribution in [1.29, 1.82) is 0 Å². The first-order valence-electron chi connectivity index (χ1n) is 7.09. The molecule has 3 rings (SSSR count). The highest BCUT2D eigenvalue weighted by molar-refractivity contribution is 6.10. The van der Waals surface area contributed by atoms with E-state index in [1.54, 1.807) is 0 Å². The van der Waals surface area contributed by atoms with Crippen LogP contribution in [0.25, 0.3) is 0 Å². The zero-order valence-corrected chi connectivity index (χ0v) is 12.6. The van der Waals surface area contributed by atoms with E-state index in [0.717, 1.165) is 22.9 Å². The third-order valence-corrected chi connectivity index (χ3v) is 3.39. The zero-order valence-electron chi connectivity index (χ0n) is 12.6. The molecule has 6 nitrogen and oxygen atoms in total. The number of amides is 1. The van der Waals surface area contributed by atoms with Gasteiger partial charge in [0, 0.05) is 24.2 Å². The average Bonchev–Trinajstić information content (AvgIpc) is 3.07. The third kappa shape index (κ3) is 3.37. The molecule has 3 aromatic rings. The van der Waals surface area contributed by atoms with Crippen LogP contribution in [0.5, 0.6) is 0 Å². The SMILES string of the molecule is O=C(N=c1ccn(O)cc1)c1cc(C(=O)c2c(F)cccc2F)c[nH]1. The summed E-state index contributed by atoms with van der Waals surface area (Å²) >= 11 is 0. The number of aromatic amines is 1. The molecule has 1 amide bonds. The molecule has 0 spiro atoms. The Morgan fingerprint density at radius 3 is 2.36 bits per heavy atom. The van der Waals surface area contributed by atoms with Crippen molar-refractivity contribution in [1.82, 2.24) is 9.71 Å². The Balaban J connectivity index is 1.90. The van der Waals surface area contributed by atoms with Gasteiger partial charge in [0.05, 0.1) is 10.9 Å². The Hall–Kier alpha value is -3.55. The second kappa shape index (κ2) is 6.52. The van der Waals surface area contributed by atoms with E-state index in [9.17, 15) is 18.4 Å². The van der Waals surface area contributed by atoms with Crippen LogP contribution in [0.2, 0.25) is 0 Å². The van der Waals surface area contributed by atoms with Crippen molar-refractivity contribution < 1.29 is 23.6 Å². The quantitative estimate of drug-likeness (QED) is 0.565. The number of nitrogens with one attached hydrogen (secondary N) is 1. The molecule has 1 aromatic carbocycles. The van der Waals surface area contributed by atoms with Gasteiger partial charge >= 0.3 is 0 Å². The molecule has 0 aliphatic carbocycles. The Morgan fingerprint density at radius 1 is 1.08 bits per heavy atom. The first kappa shape index (κ1) is 16.3. The van der Waals surface area contributed by atoms with Gasteiger partial charge in [0.2, 0.25) is 0 Å². The van der Waals surface area contributed by atoms with Gasteiger partial charge in [0.25, 0.3) is 5.91 Å². The summed E-state index contributed by atoms with van der Waals surface area (Å²) in [5, 5.41) is 9.40. The average molecular weight is 343 g/mol. The number of H-pyrrole nitrogens is 1. The summed E-state index contributed by atoms with van der Waals surface area (Å²) < 4.78 is 28.2. The molecule has 0 unspecified atom stereocenters. The maximum absolute atomic E-state index is 13.7. The standard InChI is InChI=1S/C17H11F2N3O3/c18-12-2-1-3-13(19)15(12)16(23)10-8-14(20-9-10)17(24)21-11-4-6-22(25)7-5-11/h1-9,20,25H. The number of carbonyl (C=O) groups is 2. The second-order valence-electron chi connectivity index (χ2n) is 5.08. The third-order valence-electron chi connectivity index (χ3n) is 3.39. The number of hydrogen-bond donors (Lipinski definition) is 2. The highest BCUT2D eigenvalue weighted by atomic mass is 19.1. The molecule has 2 heterocycles. The minimum absolute atomic E-state index is 0.0131. The highest BCUT2D eigenvalue weighted by Crippen LogP contribution is 2.18. The predicted octanol–water partition coefficient (Wildman–Crippen LogP) is 2.30. The predicted molar refractivity (Wildman–Crippen MR) is 82.1 cm³/mol. The van der Waals surface area contributed by atoms with E-state index in [0.29, 0.717) is 0 Å². The Kier molecular flexibility index (Phi) is 4.25. The number of rotatable bonds is 3. The molecule has 0 saturated heterocycles. The lowest BCUT2D eigenvalue weighted by molar-refractivity contribution is 0.0993. The molecule has 25 heavy (non-hydrogen) atoms. The molecule has 126 valence electrons. The van der Waals surface area contributed by atoms with E-state index in [1.165, 1.54) is 36.8 Å². The number of pyridine rings is 1. The van der Waals surface area contributed by atoms with E-state index in [-0.39, 0.29) is 16.6 Å². The largest absolute Gasteiger partial charge is 0.429 e. The number of aromatic nitrogens is 2. The lowest BCUT2D eigenvalue weighted by atomic mass is 10.0. The highest BCUT2D eigenvalue weighted by Gasteiger charge is 2.20. The van der Waals surface area contributed by atoms with Gasteiger partial charge in [-0.2, -0.15) is 0 Å². The molecule has 0 atom stereocenters. The zero-order chi connectivity index (χ0) is 18.0. The molecule has 0 fully saturated rings. The molecular weight excluding hydrogens is 332 g/mol. The van der Waals surface area contributed by atoms with Gasteiger partial charge in [-0.3, -0.25) is 9.59 Å². The van der Waals surface area contributed by atoms with Crippen molar-refractivity contribution in [2.24, 2.45) is 4.99 Å². The van der Waals surface area contributed by atoms with Crippen LogP contribution in [0.4, 0.5) is 8.78 Å². The Labute approximate surface area is 139 Å². The van der Waals surface area contributed by atoms with E-state index in [1.807, 2.05) is 0 Å². The van der Waals surface area contributed by atoms with Crippen LogP contribution in [0, 0.1) is 11.6 Å². The van der Waals surface area contributed by atoms with Gasteiger partial charge in [-0.1, -0.05) is 6.07 Å². The molecule has 0 saturated carbocycles. The van der Waals surface area contributed by atoms with Crippen molar-refractivity contribution in [2.75, 3.05) is 0 Å². The van der Waals surface area contributed by atoms with Crippen molar-refractivity contribution in [3.05, 3.63) is 88.8 Å². The van der Waals surface area contributed by atoms with Crippen molar-refractivity contribution in [2.45, 2.75) is 0 Å². The van der Waals surface area contributed by atoms with Crippen LogP contribution < -0.4 is 5.36 Å². The number of halogens is 2. The number of carbonyl (C=O) groups excluding carboxylic acids is 2. The first-order valence-corrected chi connectivity index (χ1v) is 7.09. The molecule has 0 bridgehead atoms. The molecule has 0 aliphatic heterocycles. The maximum Gasteiger partial charge on any atom is 0.293 e. The summed E-state index contributed by atoms with van der Waals surface area (Å²) in [6, 6.07) is 7.10. The summed E-state index contributed by atoms with van der Waals surface area (Å²) in [6.07, 6.45) is 3.76. The minimum atomic E-state index is -0.981. The van der Waals surface area contributed by atoms with Crippen LogP contribution in [-0.2, 0) is 0 Å². The van der Waals surface area contributed by atoms with E-state index >= 15 is 0 Å². The Morgan fingerprint density at radius 2 is 1.72 bits per heavy atom. The van der Waals surface area contributed by atoms with Crippen LogP contribution in [0.1, 0.15) is 26.4 Å².